The number of rotatable bonds is 6. The number of aromatic nitrogens is 1. The Hall–Kier alpha value is -3.55. The molecule has 8 heteroatoms. The molecule has 3 rings (SSSR count). The van der Waals surface area contributed by atoms with E-state index in [1.165, 1.54) is 0 Å². The third-order valence-corrected chi connectivity index (χ3v) is 3.77. The maximum Gasteiger partial charge on any atom is 0.319 e. The van der Waals surface area contributed by atoms with Crippen molar-refractivity contribution in [3.8, 4) is 5.75 Å². The largest absolute Gasteiger partial charge is 0.487 e. The maximum atomic E-state index is 13.5. The fourth-order valence-corrected chi connectivity index (χ4v) is 2.32. The lowest BCUT2D eigenvalue weighted by atomic mass is 10.2. The van der Waals surface area contributed by atoms with E-state index in [2.05, 4.69) is 15.6 Å². The highest BCUT2D eigenvalue weighted by molar-refractivity contribution is 5.89. The third-order valence-electron chi connectivity index (χ3n) is 3.77. The molecule has 0 fully saturated rings. The Bertz CT molecular complexity index is 951. The number of ether oxygens (including phenoxy) is 1. The Morgan fingerprint density at radius 2 is 1.75 bits per heavy atom. The molecule has 2 N–H and O–H groups in total. The van der Waals surface area contributed by atoms with Crippen LogP contribution < -0.4 is 15.4 Å². The van der Waals surface area contributed by atoms with Crippen molar-refractivity contribution in [3.05, 3.63) is 89.5 Å². The van der Waals surface area contributed by atoms with Crippen molar-refractivity contribution in [1.82, 2.24) is 10.3 Å². The second-order valence-electron chi connectivity index (χ2n) is 5.78. The van der Waals surface area contributed by atoms with Gasteiger partial charge in [0.1, 0.15) is 12.4 Å². The Morgan fingerprint density at radius 3 is 2.46 bits per heavy atom. The van der Waals surface area contributed by atoms with E-state index in [0.717, 1.165) is 23.4 Å². The SMILES string of the molecule is O=C(NCc1ccc(OCc2ccccn2)cc1)Nc1ccc(F)c(F)c1F. The number of amides is 2. The molecule has 3 aromatic rings. The van der Waals surface area contributed by atoms with E-state index >= 15 is 0 Å². The first-order chi connectivity index (χ1) is 13.5. The molecule has 28 heavy (non-hydrogen) atoms. The van der Waals surface area contributed by atoms with Crippen molar-refractivity contribution in [2.45, 2.75) is 13.2 Å². The van der Waals surface area contributed by atoms with E-state index in [1.54, 1.807) is 30.5 Å². The number of carbonyl (C=O) groups excluding carboxylic acids is 1. The van der Waals surface area contributed by atoms with Gasteiger partial charge in [-0.2, -0.15) is 0 Å². The highest BCUT2D eigenvalue weighted by Gasteiger charge is 2.15. The number of nitrogens with one attached hydrogen (secondary N) is 2. The maximum absolute atomic E-state index is 13.5. The van der Waals surface area contributed by atoms with Gasteiger partial charge < -0.3 is 15.4 Å². The molecule has 0 radical (unpaired) electrons. The van der Waals surface area contributed by atoms with E-state index in [4.69, 9.17) is 4.74 Å². The molecular formula is C20H16F3N3O2. The monoisotopic (exact) mass is 387 g/mol. The van der Waals surface area contributed by atoms with Gasteiger partial charge in [0.2, 0.25) is 0 Å². The van der Waals surface area contributed by atoms with Crippen LogP contribution in [0.2, 0.25) is 0 Å². The van der Waals surface area contributed by atoms with Gasteiger partial charge in [-0.05, 0) is 42.0 Å². The van der Waals surface area contributed by atoms with Gasteiger partial charge in [0.05, 0.1) is 11.4 Å². The van der Waals surface area contributed by atoms with Crippen molar-refractivity contribution in [3.63, 3.8) is 0 Å². The van der Waals surface area contributed by atoms with E-state index in [0.29, 0.717) is 12.4 Å². The average Bonchev–Trinajstić information content (AvgIpc) is 2.73. The molecule has 2 aromatic carbocycles. The molecule has 5 nitrogen and oxygen atoms in total. The summed E-state index contributed by atoms with van der Waals surface area (Å²) in [7, 11) is 0. The highest BCUT2D eigenvalue weighted by Crippen LogP contribution is 2.19. The molecule has 2 amide bonds. The number of anilines is 1. The molecule has 1 heterocycles. The molecule has 0 saturated carbocycles. The molecule has 0 bridgehead atoms. The lowest BCUT2D eigenvalue weighted by Gasteiger charge is -2.10. The van der Waals surface area contributed by atoms with Crippen LogP contribution in [-0.4, -0.2) is 11.0 Å². The van der Waals surface area contributed by atoms with Crippen molar-refractivity contribution < 1.29 is 22.7 Å². The highest BCUT2D eigenvalue weighted by atomic mass is 19.2. The van der Waals surface area contributed by atoms with E-state index < -0.39 is 29.2 Å². The Balaban J connectivity index is 1.49. The number of pyridine rings is 1. The second kappa shape index (κ2) is 8.90. The molecule has 1 aromatic heterocycles. The molecule has 0 saturated heterocycles. The summed E-state index contributed by atoms with van der Waals surface area (Å²) in [5, 5.41) is 4.64. The smallest absolute Gasteiger partial charge is 0.319 e. The normalized spacial score (nSPS) is 10.4. The number of benzene rings is 2. The quantitative estimate of drug-likeness (QED) is 0.617. The molecule has 0 spiro atoms. The molecule has 0 atom stereocenters. The number of nitrogens with zero attached hydrogens (tertiary/aromatic N) is 1. The first kappa shape index (κ1) is 19.2. The van der Waals surface area contributed by atoms with Crippen LogP contribution in [0.15, 0.2) is 60.8 Å². The topological polar surface area (TPSA) is 63.2 Å². The fraction of sp³-hybridized carbons (Fsp3) is 0.100. The van der Waals surface area contributed by atoms with Crippen LogP contribution in [0.1, 0.15) is 11.3 Å². The predicted molar refractivity (Wildman–Crippen MR) is 97.2 cm³/mol. The zero-order valence-corrected chi connectivity index (χ0v) is 14.6. The molecule has 0 unspecified atom stereocenters. The van der Waals surface area contributed by atoms with Crippen molar-refractivity contribution in [2.75, 3.05) is 5.32 Å². The standard InChI is InChI=1S/C20H16F3N3O2/c21-16-8-9-17(19(23)18(16)22)26-20(27)25-11-13-4-6-15(7-5-13)28-12-14-3-1-2-10-24-14/h1-10H,11-12H2,(H2,25,26,27). The van der Waals surface area contributed by atoms with E-state index in [9.17, 15) is 18.0 Å². The molecule has 144 valence electrons. The average molecular weight is 387 g/mol. The summed E-state index contributed by atoms with van der Waals surface area (Å²) < 4.78 is 45.2. The Labute approximate surface area is 159 Å². The van der Waals surface area contributed by atoms with E-state index in [1.807, 2.05) is 18.2 Å². The minimum atomic E-state index is -1.64. The molecular weight excluding hydrogens is 371 g/mol. The number of carbonyl (C=O) groups is 1. The number of hydrogen-bond donors (Lipinski definition) is 2. The summed E-state index contributed by atoms with van der Waals surface area (Å²) in [4.78, 5) is 16.0. The van der Waals surface area contributed by atoms with Crippen LogP contribution in [0.4, 0.5) is 23.7 Å². The summed E-state index contributed by atoms with van der Waals surface area (Å²) in [5.41, 5.74) is 1.12. The molecule has 0 aliphatic rings. The summed E-state index contributed by atoms with van der Waals surface area (Å²) in [6.07, 6.45) is 1.69. The van der Waals surface area contributed by atoms with Gasteiger partial charge in [0.15, 0.2) is 17.5 Å². The lowest BCUT2D eigenvalue weighted by molar-refractivity contribution is 0.251. The van der Waals surface area contributed by atoms with Crippen LogP contribution in [-0.2, 0) is 13.2 Å². The summed E-state index contributed by atoms with van der Waals surface area (Å²) >= 11 is 0. The van der Waals surface area contributed by atoms with Crippen LogP contribution >= 0.6 is 0 Å². The van der Waals surface area contributed by atoms with Gasteiger partial charge in [-0.1, -0.05) is 18.2 Å². The van der Waals surface area contributed by atoms with Crippen LogP contribution in [0.25, 0.3) is 0 Å². The Morgan fingerprint density at radius 1 is 0.964 bits per heavy atom. The van der Waals surface area contributed by atoms with Gasteiger partial charge in [-0.15, -0.1) is 0 Å². The fourth-order valence-electron chi connectivity index (χ4n) is 2.32. The van der Waals surface area contributed by atoms with Gasteiger partial charge in [-0.25, -0.2) is 18.0 Å². The van der Waals surface area contributed by atoms with Crippen LogP contribution in [0.3, 0.4) is 0 Å². The molecule has 0 aliphatic heterocycles. The minimum absolute atomic E-state index is 0.150. The first-order valence-electron chi connectivity index (χ1n) is 8.33. The zero-order valence-electron chi connectivity index (χ0n) is 14.6. The lowest BCUT2D eigenvalue weighted by Crippen LogP contribution is -2.28. The number of urea groups is 1. The minimum Gasteiger partial charge on any atom is -0.487 e. The van der Waals surface area contributed by atoms with Gasteiger partial charge >= 0.3 is 6.03 Å². The third kappa shape index (κ3) is 5.00. The zero-order chi connectivity index (χ0) is 19.9. The van der Waals surface area contributed by atoms with Crippen molar-refractivity contribution in [1.29, 1.82) is 0 Å². The Kier molecular flexibility index (Phi) is 6.11. The summed E-state index contributed by atoms with van der Waals surface area (Å²) in [6, 6.07) is 13.5. The number of hydrogen-bond acceptors (Lipinski definition) is 3. The number of halogens is 3. The van der Waals surface area contributed by atoms with Gasteiger partial charge in [0.25, 0.3) is 0 Å². The second-order valence-corrected chi connectivity index (χ2v) is 5.78. The van der Waals surface area contributed by atoms with Crippen LogP contribution in [0.5, 0.6) is 5.75 Å². The van der Waals surface area contributed by atoms with Gasteiger partial charge in [0, 0.05) is 12.7 Å². The van der Waals surface area contributed by atoms with Gasteiger partial charge in [-0.3, -0.25) is 4.98 Å². The van der Waals surface area contributed by atoms with E-state index in [-0.39, 0.29) is 6.54 Å². The first-order valence-corrected chi connectivity index (χ1v) is 8.33. The summed E-state index contributed by atoms with van der Waals surface area (Å²) in [6.45, 7) is 0.484. The predicted octanol–water partition coefficient (Wildman–Crippen LogP) is 4.40. The van der Waals surface area contributed by atoms with Crippen molar-refractivity contribution in [2.24, 2.45) is 0 Å². The van der Waals surface area contributed by atoms with Crippen LogP contribution in [0, 0.1) is 17.5 Å². The molecule has 0 aliphatic carbocycles. The van der Waals surface area contributed by atoms with Crippen molar-refractivity contribution >= 4 is 11.7 Å². The summed E-state index contributed by atoms with van der Waals surface area (Å²) in [5.74, 6) is -3.78.